The molecular formula is C14H18N2O2. The van der Waals surface area contributed by atoms with E-state index in [4.69, 9.17) is 9.15 Å². The SMILES string of the molecule is CCCNCc1coc(-c2cccc(OC)c2)n1. The first-order valence-electron chi connectivity index (χ1n) is 6.13. The molecule has 0 saturated carbocycles. The van der Waals surface area contributed by atoms with Crippen LogP contribution in [0.15, 0.2) is 34.9 Å². The van der Waals surface area contributed by atoms with E-state index < -0.39 is 0 Å². The Morgan fingerprint density at radius 2 is 2.28 bits per heavy atom. The van der Waals surface area contributed by atoms with Gasteiger partial charge in [-0.15, -0.1) is 0 Å². The van der Waals surface area contributed by atoms with E-state index in [1.807, 2.05) is 24.3 Å². The number of nitrogens with zero attached hydrogens (tertiary/aromatic N) is 1. The van der Waals surface area contributed by atoms with Gasteiger partial charge in [0.1, 0.15) is 12.0 Å². The standard InChI is InChI=1S/C14H18N2O2/c1-3-7-15-9-12-10-18-14(16-12)11-5-4-6-13(8-11)17-2/h4-6,8,10,15H,3,7,9H2,1-2H3. The molecule has 0 aliphatic heterocycles. The molecule has 1 N–H and O–H groups in total. The van der Waals surface area contributed by atoms with Gasteiger partial charge >= 0.3 is 0 Å². The minimum absolute atomic E-state index is 0.627. The van der Waals surface area contributed by atoms with Gasteiger partial charge in [0.2, 0.25) is 5.89 Å². The van der Waals surface area contributed by atoms with Crippen LogP contribution < -0.4 is 10.1 Å². The maximum atomic E-state index is 5.47. The van der Waals surface area contributed by atoms with Crippen molar-refractivity contribution in [3.05, 3.63) is 36.2 Å². The van der Waals surface area contributed by atoms with Crippen LogP contribution in [0.2, 0.25) is 0 Å². The summed E-state index contributed by atoms with van der Waals surface area (Å²) in [7, 11) is 1.65. The number of ether oxygens (including phenoxy) is 1. The predicted molar refractivity (Wildman–Crippen MR) is 70.5 cm³/mol. The lowest BCUT2D eigenvalue weighted by atomic mass is 10.2. The Bertz CT molecular complexity index is 494. The molecule has 2 rings (SSSR count). The van der Waals surface area contributed by atoms with Crippen molar-refractivity contribution in [3.63, 3.8) is 0 Å². The molecule has 1 aromatic heterocycles. The molecular weight excluding hydrogens is 228 g/mol. The van der Waals surface area contributed by atoms with Gasteiger partial charge in [0, 0.05) is 12.1 Å². The third-order valence-corrected chi connectivity index (χ3v) is 2.60. The quantitative estimate of drug-likeness (QED) is 0.796. The van der Waals surface area contributed by atoms with Crippen LogP contribution in [-0.2, 0) is 6.54 Å². The van der Waals surface area contributed by atoms with Crippen molar-refractivity contribution in [1.29, 1.82) is 0 Å². The van der Waals surface area contributed by atoms with E-state index in [1.165, 1.54) is 0 Å². The molecule has 4 heteroatoms. The molecule has 0 unspecified atom stereocenters. The lowest BCUT2D eigenvalue weighted by Crippen LogP contribution is -2.13. The summed E-state index contributed by atoms with van der Waals surface area (Å²) in [6.45, 7) is 3.86. The van der Waals surface area contributed by atoms with Crippen molar-refractivity contribution < 1.29 is 9.15 Å². The summed E-state index contributed by atoms with van der Waals surface area (Å²) in [5, 5.41) is 3.29. The van der Waals surface area contributed by atoms with Crippen molar-refractivity contribution in [2.75, 3.05) is 13.7 Å². The van der Waals surface area contributed by atoms with Gasteiger partial charge in [-0.25, -0.2) is 4.98 Å². The molecule has 0 atom stereocenters. The molecule has 0 amide bonds. The first-order valence-corrected chi connectivity index (χ1v) is 6.13. The van der Waals surface area contributed by atoms with Gasteiger partial charge in [-0.3, -0.25) is 0 Å². The highest BCUT2D eigenvalue weighted by molar-refractivity contribution is 5.55. The third-order valence-electron chi connectivity index (χ3n) is 2.60. The summed E-state index contributed by atoms with van der Waals surface area (Å²) in [5.41, 5.74) is 1.84. The van der Waals surface area contributed by atoms with E-state index in [0.717, 1.165) is 36.5 Å². The second kappa shape index (κ2) is 6.21. The molecule has 1 heterocycles. The average Bonchev–Trinajstić information content (AvgIpc) is 2.88. The zero-order chi connectivity index (χ0) is 12.8. The van der Waals surface area contributed by atoms with E-state index >= 15 is 0 Å². The van der Waals surface area contributed by atoms with Crippen LogP contribution in [0.4, 0.5) is 0 Å². The molecule has 1 aromatic carbocycles. The number of oxazole rings is 1. The zero-order valence-electron chi connectivity index (χ0n) is 10.8. The Morgan fingerprint density at radius 3 is 3.06 bits per heavy atom. The van der Waals surface area contributed by atoms with Crippen LogP contribution in [0.5, 0.6) is 5.75 Å². The highest BCUT2D eigenvalue weighted by Crippen LogP contribution is 2.22. The van der Waals surface area contributed by atoms with Gasteiger partial charge in [-0.05, 0) is 31.2 Å². The average molecular weight is 246 g/mol. The zero-order valence-corrected chi connectivity index (χ0v) is 10.8. The lowest BCUT2D eigenvalue weighted by molar-refractivity contribution is 0.414. The highest BCUT2D eigenvalue weighted by Gasteiger charge is 2.07. The van der Waals surface area contributed by atoms with Gasteiger partial charge in [-0.1, -0.05) is 13.0 Å². The second-order valence-electron chi connectivity index (χ2n) is 4.05. The molecule has 2 aromatic rings. The van der Waals surface area contributed by atoms with Gasteiger partial charge in [-0.2, -0.15) is 0 Å². The van der Waals surface area contributed by atoms with E-state index in [1.54, 1.807) is 13.4 Å². The normalized spacial score (nSPS) is 10.6. The van der Waals surface area contributed by atoms with Crippen molar-refractivity contribution in [2.45, 2.75) is 19.9 Å². The predicted octanol–water partition coefficient (Wildman–Crippen LogP) is 2.85. The lowest BCUT2D eigenvalue weighted by Gasteiger charge is -2.00. The summed E-state index contributed by atoms with van der Waals surface area (Å²) in [6, 6.07) is 7.69. The number of hydrogen-bond donors (Lipinski definition) is 1. The molecule has 0 radical (unpaired) electrons. The summed E-state index contributed by atoms with van der Waals surface area (Å²) in [4.78, 5) is 4.44. The number of rotatable bonds is 6. The van der Waals surface area contributed by atoms with E-state index in [-0.39, 0.29) is 0 Å². The van der Waals surface area contributed by atoms with Crippen LogP contribution >= 0.6 is 0 Å². The number of aromatic nitrogens is 1. The van der Waals surface area contributed by atoms with E-state index in [9.17, 15) is 0 Å². The van der Waals surface area contributed by atoms with Gasteiger partial charge in [0.05, 0.1) is 12.8 Å². The maximum Gasteiger partial charge on any atom is 0.226 e. The molecule has 0 spiro atoms. The van der Waals surface area contributed by atoms with Crippen molar-refractivity contribution in [1.82, 2.24) is 10.3 Å². The molecule has 0 fully saturated rings. The summed E-state index contributed by atoms with van der Waals surface area (Å²) >= 11 is 0. The van der Waals surface area contributed by atoms with Crippen LogP contribution in [0.1, 0.15) is 19.0 Å². The van der Waals surface area contributed by atoms with Gasteiger partial charge < -0.3 is 14.5 Å². The number of hydrogen-bond acceptors (Lipinski definition) is 4. The second-order valence-corrected chi connectivity index (χ2v) is 4.05. The molecule has 0 aliphatic rings. The monoisotopic (exact) mass is 246 g/mol. The maximum absolute atomic E-state index is 5.47. The van der Waals surface area contributed by atoms with Crippen LogP contribution in [0, 0.1) is 0 Å². The Morgan fingerprint density at radius 1 is 1.39 bits per heavy atom. The highest BCUT2D eigenvalue weighted by atomic mass is 16.5. The van der Waals surface area contributed by atoms with E-state index in [0.29, 0.717) is 5.89 Å². The fraction of sp³-hybridized carbons (Fsp3) is 0.357. The van der Waals surface area contributed by atoms with Gasteiger partial charge in [0.25, 0.3) is 0 Å². The van der Waals surface area contributed by atoms with Crippen LogP contribution in [0.3, 0.4) is 0 Å². The molecule has 0 aliphatic carbocycles. The van der Waals surface area contributed by atoms with Crippen molar-refractivity contribution in [2.24, 2.45) is 0 Å². The molecule has 0 saturated heterocycles. The molecule has 0 bridgehead atoms. The Hall–Kier alpha value is -1.81. The van der Waals surface area contributed by atoms with Crippen LogP contribution in [-0.4, -0.2) is 18.6 Å². The summed E-state index contributed by atoms with van der Waals surface area (Å²) in [6.07, 6.45) is 2.80. The molecule has 18 heavy (non-hydrogen) atoms. The minimum Gasteiger partial charge on any atom is -0.497 e. The molecule has 96 valence electrons. The number of methoxy groups -OCH3 is 1. The summed E-state index contributed by atoms with van der Waals surface area (Å²) in [5.74, 6) is 1.43. The van der Waals surface area contributed by atoms with E-state index in [2.05, 4.69) is 17.2 Å². The first-order chi connectivity index (χ1) is 8.83. The summed E-state index contributed by atoms with van der Waals surface area (Å²) < 4.78 is 10.7. The minimum atomic E-state index is 0.627. The third kappa shape index (κ3) is 3.11. The number of nitrogens with one attached hydrogen (secondary N) is 1. The fourth-order valence-electron chi connectivity index (χ4n) is 1.67. The largest absolute Gasteiger partial charge is 0.497 e. The molecule has 4 nitrogen and oxygen atoms in total. The van der Waals surface area contributed by atoms with Gasteiger partial charge in [0.15, 0.2) is 0 Å². The van der Waals surface area contributed by atoms with Crippen molar-refractivity contribution in [3.8, 4) is 17.2 Å². The van der Waals surface area contributed by atoms with Crippen molar-refractivity contribution >= 4 is 0 Å². The first kappa shape index (κ1) is 12.6. The Kier molecular flexibility index (Phi) is 4.36. The topological polar surface area (TPSA) is 47.3 Å². The fourth-order valence-corrected chi connectivity index (χ4v) is 1.67. The Labute approximate surface area is 107 Å². The van der Waals surface area contributed by atoms with Crippen LogP contribution in [0.25, 0.3) is 11.5 Å². The number of benzene rings is 1. The smallest absolute Gasteiger partial charge is 0.226 e. The Balaban J connectivity index is 2.08.